The van der Waals surface area contributed by atoms with Gasteiger partial charge in [-0.15, -0.1) is 17.0 Å². The maximum atomic E-state index is 9.60. The topological polar surface area (TPSA) is 76.7 Å². The summed E-state index contributed by atoms with van der Waals surface area (Å²) in [6.45, 7) is 1.91. The number of nitrogens with one attached hydrogen (secondary N) is 1. The van der Waals surface area contributed by atoms with Crippen LogP contribution in [0.2, 0.25) is 5.02 Å². The highest BCUT2D eigenvalue weighted by Crippen LogP contribution is 2.35. The molecular formula is C16H16BrClN2O2. The smallest absolute Gasteiger partial charge is 0.116 e. The molecule has 116 valence electrons. The SMILES string of the molecule is Br.Cc1nc2ccc(O)cc2c(Cl)c1Nc1ccccc1.O. The summed E-state index contributed by atoms with van der Waals surface area (Å²) in [6, 6.07) is 14.8. The van der Waals surface area contributed by atoms with Crippen LogP contribution in [0.25, 0.3) is 10.9 Å². The van der Waals surface area contributed by atoms with E-state index in [2.05, 4.69) is 10.3 Å². The quantitative estimate of drug-likeness (QED) is 0.688. The molecule has 3 rings (SSSR count). The molecule has 2 aromatic carbocycles. The molecule has 0 spiro atoms. The Balaban J connectivity index is 0.00000121. The predicted octanol–water partition coefficient (Wildman–Crippen LogP) is 4.40. The van der Waals surface area contributed by atoms with Crippen molar-refractivity contribution < 1.29 is 10.6 Å². The second kappa shape index (κ2) is 7.45. The number of pyridine rings is 1. The maximum absolute atomic E-state index is 9.60. The number of nitrogens with zero attached hydrogens (tertiary/aromatic N) is 1. The first kappa shape index (κ1) is 18.2. The van der Waals surface area contributed by atoms with Gasteiger partial charge in [-0.3, -0.25) is 4.98 Å². The third kappa shape index (κ3) is 3.50. The van der Waals surface area contributed by atoms with E-state index in [0.717, 1.165) is 28.0 Å². The van der Waals surface area contributed by atoms with Crippen LogP contribution in [0.5, 0.6) is 5.75 Å². The largest absolute Gasteiger partial charge is 0.508 e. The summed E-state index contributed by atoms with van der Waals surface area (Å²) in [5, 5.41) is 14.2. The van der Waals surface area contributed by atoms with Crippen molar-refractivity contribution in [1.29, 1.82) is 0 Å². The van der Waals surface area contributed by atoms with Crippen molar-refractivity contribution in [1.82, 2.24) is 4.98 Å². The number of aryl methyl sites for hydroxylation is 1. The number of anilines is 2. The van der Waals surface area contributed by atoms with Gasteiger partial charge in [-0.2, -0.15) is 0 Å². The molecule has 22 heavy (non-hydrogen) atoms. The molecule has 0 saturated heterocycles. The molecule has 0 bridgehead atoms. The lowest BCUT2D eigenvalue weighted by atomic mass is 10.1. The minimum Gasteiger partial charge on any atom is -0.508 e. The fraction of sp³-hybridized carbons (Fsp3) is 0.0625. The van der Waals surface area contributed by atoms with Crippen LogP contribution in [0, 0.1) is 6.92 Å². The Morgan fingerprint density at radius 3 is 2.45 bits per heavy atom. The zero-order valence-corrected chi connectivity index (χ0v) is 14.3. The number of phenolic OH excluding ortho intramolecular Hbond substituents is 1. The average Bonchev–Trinajstić information content (AvgIpc) is 2.46. The first-order valence-corrected chi connectivity index (χ1v) is 6.64. The summed E-state index contributed by atoms with van der Waals surface area (Å²) in [5.74, 6) is 0.177. The minimum absolute atomic E-state index is 0. The van der Waals surface area contributed by atoms with E-state index in [1.807, 2.05) is 37.3 Å². The molecule has 0 atom stereocenters. The molecule has 0 amide bonds. The molecule has 0 unspecified atom stereocenters. The van der Waals surface area contributed by atoms with Gasteiger partial charge in [-0.05, 0) is 37.3 Å². The number of rotatable bonds is 2. The van der Waals surface area contributed by atoms with Gasteiger partial charge in [-0.1, -0.05) is 29.8 Å². The van der Waals surface area contributed by atoms with Gasteiger partial charge in [0.05, 0.1) is 21.9 Å². The Hall–Kier alpha value is -1.82. The number of hydrogen-bond donors (Lipinski definition) is 2. The molecule has 1 heterocycles. The van der Waals surface area contributed by atoms with Gasteiger partial charge in [-0.25, -0.2) is 0 Å². The van der Waals surface area contributed by atoms with E-state index in [1.165, 1.54) is 0 Å². The van der Waals surface area contributed by atoms with Crippen LogP contribution in [-0.2, 0) is 0 Å². The van der Waals surface area contributed by atoms with Crippen LogP contribution in [0.4, 0.5) is 11.4 Å². The third-order valence-electron chi connectivity index (χ3n) is 3.13. The lowest BCUT2D eigenvalue weighted by Gasteiger charge is -2.13. The number of phenols is 1. The normalized spacial score (nSPS) is 9.73. The number of benzene rings is 2. The molecule has 4 N–H and O–H groups in total. The first-order valence-electron chi connectivity index (χ1n) is 6.26. The van der Waals surface area contributed by atoms with Crippen LogP contribution < -0.4 is 5.32 Å². The van der Waals surface area contributed by atoms with Gasteiger partial charge in [0.15, 0.2) is 0 Å². The zero-order chi connectivity index (χ0) is 14.1. The minimum atomic E-state index is 0. The molecule has 0 aliphatic heterocycles. The van der Waals surface area contributed by atoms with E-state index in [-0.39, 0.29) is 28.2 Å². The third-order valence-corrected chi connectivity index (χ3v) is 3.52. The molecule has 1 aromatic heterocycles. The first-order chi connectivity index (χ1) is 9.65. The second-order valence-electron chi connectivity index (χ2n) is 4.58. The highest BCUT2D eigenvalue weighted by Gasteiger charge is 2.11. The molecule has 0 saturated carbocycles. The number of hydrogen-bond acceptors (Lipinski definition) is 3. The Morgan fingerprint density at radius 1 is 1.09 bits per heavy atom. The summed E-state index contributed by atoms with van der Waals surface area (Å²) in [4.78, 5) is 4.52. The van der Waals surface area contributed by atoms with E-state index in [1.54, 1.807) is 18.2 Å². The van der Waals surface area contributed by atoms with Gasteiger partial charge in [0, 0.05) is 11.1 Å². The average molecular weight is 384 g/mol. The van der Waals surface area contributed by atoms with Gasteiger partial charge in [0.1, 0.15) is 5.75 Å². The molecule has 0 fully saturated rings. The van der Waals surface area contributed by atoms with Crippen molar-refractivity contribution in [2.45, 2.75) is 6.92 Å². The van der Waals surface area contributed by atoms with Crippen LogP contribution in [-0.4, -0.2) is 15.6 Å². The molecule has 0 aliphatic carbocycles. The monoisotopic (exact) mass is 382 g/mol. The van der Waals surface area contributed by atoms with E-state index in [9.17, 15) is 5.11 Å². The Morgan fingerprint density at radius 2 is 1.77 bits per heavy atom. The molecule has 0 aliphatic rings. The van der Waals surface area contributed by atoms with Crippen LogP contribution in [0.3, 0.4) is 0 Å². The van der Waals surface area contributed by atoms with Crippen LogP contribution in [0.1, 0.15) is 5.69 Å². The van der Waals surface area contributed by atoms with Crippen LogP contribution in [0.15, 0.2) is 48.5 Å². The summed E-state index contributed by atoms with van der Waals surface area (Å²) >= 11 is 6.46. The standard InChI is InChI=1S/C16H13ClN2O.BrH.H2O/c1-10-16(19-11-5-3-2-4-6-11)15(17)13-9-12(20)7-8-14(13)18-10;;/h2-9,19-20H,1H3;1H;1H2. The van der Waals surface area contributed by atoms with Gasteiger partial charge < -0.3 is 15.9 Å². The van der Waals surface area contributed by atoms with Gasteiger partial charge in [0.25, 0.3) is 0 Å². The summed E-state index contributed by atoms with van der Waals surface area (Å²) in [7, 11) is 0. The van der Waals surface area contributed by atoms with Crippen molar-refractivity contribution in [2.75, 3.05) is 5.32 Å². The zero-order valence-electron chi connectivity index (χ0n) is 11.8. The van der Waals surface area contributed by atoms with E-state index < -0.39 is 0 Å². The number of halogens is 2. The van der Waals surface area contributed by atoms with Gasteiger partial charge in [0.2, 0.25) is 0 Å². The molecule has 4 nitrogen and oxygen atoms in total. The van der Waals surface area contributed by atoms with E-state index >= 15 is 0 Å². The second-order valence-corrected chi connectivity index (χ2v) is 4.96. The Labute approximate surface area is 143 Å². The Kier molecular flexibility index (Phi) is 6.17. The number of para-hydroxylation sites is 1. The van der Waals surface area contributed by atoms with Crippen molar-refractivity contribution in [3.63, 3.8) is 0 Å². The molecular weight excluding hydrogens is 368 g/mol. The highest BCUT2D eigenvalue weighted by molar-refractivity contribution is 8.93. The lowest BCUT2D eigenvalue weighted by Crippen LogP contribution is -1.97. The van der Waals surface area contributed by atoms with Gasteiger partial charge >= 0.3 is 0 Å². The van der Waals surface area contributed by atoms with Crippen molar-refractivity contribution >= 4 is 50.9 Å². The van der Waals surface area contributed by atoms with Crippen molar-refractivity contribution in [2.24, 2.45) is 0 Å². The van der Waals surface area contributed by atoms with Crippen molar-refractivity contribution in [3.05, 3.63) is 59.2 Å². The van der Waals surface area contributed by atoms with Crippen LogP contribution >= 0.6 is 28.6 Å². The number of aromatic hydroxyl groups is 1. The highest BCUT2D eigenvalue weighted by atomic mass is 79.9. The number of aromatic nitrogens is 1. The predicted molar refractivity (Wildman–Crippen MR) is 96.8 cm³/mol. The fourth-order valence-corrected chi connectivity index (χ4v) is 2.47. The molecule has 6 heteroatoms. The van der Waals surface area contributed by atoms with E-state index in [0.29, 0.717) is 5.02 Å². The number of fused-ring (bicyclic) bond motifs is 1. The maximum Gasteiger partial charge on any atom is 0.116 e. The molecule has 3 aromatic rings. The van der Waals surface area contributed by atoms with E-state index in [4.69, 9.17) is 11.6 Å². The van der Waals surface area contributed by atoms with Crippen molar-refractivity contribution in [3.8, 4) is 5.75 Å². The molecule has 0 radical (unpaired) electrons. The Bertz CT molecular complexity index is 782. The summed E-state index contributed by atoms with van der Waals surface area (Å²) in [6.07, 6.45) is 0. The lowest BCUT2D eigenvalue weighted by molar-refractivity contribution is 0.476. The fourth-order valence-electron chi connectivity index (χ4n) is 2.14. The summed E-state index contributed by atoms with van der Waals surface area (Å²) in [5.41, 5.74) is 3.29. The summed E-state index contributed by atoms with van der Waals surface area (Å²) < 4.78 is 0.